The van der Waals surface area contributed by atoms with Gasteiger partial charge in [-0.2, -0.15) is 0 Å². The van der Waals surface area contributed by atoms with Gasteiger partial charge in [-0.3, -0.25) is 0 Å². The van der Waals surface area contributed by atoms with Gasteiger partial charge in [-0.15, -0.1) is 0 Å². The van der Waals surface area contributed by atoms with E-state index in [9.17, 15) is 5.11 Å². The summed E-state index contributed by atoms with van der Waals surface area (Å²) < 4.78 is 0. The molecule has 1 aliphatic rings. The van der Waals surface area contributed by atoms with Crippen molar-refractivity contribution in [1.82, 2.24) is 0 Å². The number of rotatable bonds is 2. The second-order valence-electron chi connectivity index (χ2n) is 4.78. The summed E-state index contributed by atoms with van der Waals surface area (Å²) in [6.45, 7) is 4.94. The number of hydrogen-bond donors (Lipinski definition) is 2. The third kappa shape index (κ3) is 2.68. The molecule has 1 fully saturated rings. The third-order valence-corrected chi connectivity index (χ3v) is 3.65. The van der Waals surface area contributed by atoms with Crippen molar-refractivity contribution in [3.63, 3.8) is 0 Å². The van der Waals surface area contributed by atoms with Crippen molar-refractivity contribution in [3.8, 4) is 0 Å². The Morgan fingerprint density at radius 2 is 2.15 bits per heavy atom. The zero-order valence-corrected chi connectivity index (χ0v) is 8.92. The van der Waals surface area contributed by atoms with E-state index in [1.807, 2.05) is 0 Å². The Bertz CT molecular complexity index is 160. The smallest absolute Gasteiger partial charge is 0.0685 e. The van der Waals surface area contributed by atoms with Gasteiger partial charge in [-0.25, -0.2) is 0 Å². The van der Waals surface area contributed by atoms with Crippen molar-refractivity contribution in [2.24, 2.45) is 17.6 Å². The lowest BCUT2D eigenvalue weighted by atomic mass is 9.82. The van der Waals surface area contributed by atoms with E-state index in [0.717, 1.165) is 31.6 Å². The van der Waals surface area contributed by atoms with Gasteiger partial charge < -0.3 is 10.8 Å². The Balaban J connectivity index is 2.56. The highest BCUT2D eigenvalue weighted by atomic mass is 16.3. The molecule has 0 aromatic rings. The topological polar surface area (TPSA) is 46.2 Å². The van der Waals surface area contributed by atoms with Gasteiger partial charge in [0, 0.05) is 0 Å². The standard InChI is InChI=1S/C11H23NO/c1-9-4-3-6-11(13,7-5-9)10(2)8-12/h9-10,13H,3-8,12H2,1-2H3. The highest BCUT2D eigenvalue weighted by Crippen LogP contribution is 2.34. The normalized spacial score (nSPS) is 38.3. The Labute approximate surface area is 81.5 Å². The SMILES string of the molecule is CC1CCCC(O)(C(C)CN)CC1. The Morgan fingerprint density at radius 3 is 2.77 bits per heavy atom. The lowest BCUT2D eigenvalue weighted by Crippen LogP contribution is -2.39. The molecule has 2 heteroatoms. The highest BCUT2D eigenvalue weighted by molar-refractivity contribution is 4.87. The van der Waals surface area contributed by atoms with Gasteiger partial charge in [-0.05, 0) is 37.6 Å². The van der Waals surface area contributed by atoms with Crippen molar-refractivity contribution in [3.05, 3.63) is 0 Å². The van der Waals surface area contributed by atoms with Crippen LogP contribution in [0.25, 0.3) is 0 Å². The minimum absolute atomic E-state index is 0.248. The van der Waals surface area contributed by atoms with Crippen molar-refractivity contribution < 1.29 is 5.11 Å². The summed E-state index contributed by atoms with van der Waals surface area (Å²) in [6.07, 6.45) is 5.45. The molecule has 2 nitrogen and oxygen atoms in total. The molecule has 0 aromatic heterocycles. The van der Waals surface area contributed by atoms with Crippen LogP contribution in [0.4, 0.5) is 0 Å². The average molecular weight is 185 g/mol. The van der Waals surface area contributed by atoms with Crippen molar-refractivity contribution in [2.75, 3.05) is 6.54 Å². The summed E-state index contributed by atoms with van der Waals surface area (Å²) in [7, 11) is 0. The van der Waals surface area contributed by atoms with Crippen molar-refractivity contribution in [1.29, 1.82) is 0 Å². The summed E-state index contributed by atoms with van der Waals surface area (Å²) >= 11 is 0. The highest BCUT2D eigenvalue weighted by Gasteiger charge is 2.34. The summed E-state index contributed by atoms with van der Waals surface area (Å²) in [5.41, 5.74) is 5.14. The second-order valence-corrected chi connectivity index (χ2v) is 4.78. The zero-order valence-electron chi connectivity index (χ0n) is 8.92. The van der Waals surface area contributed by atoms with Crippen LogP contribution in [0.1, 0.15) is 46.0 Å². The van der Waals surface area contributed by atoms with Crippen LogP contribution in [0.5, 0.6) is 0 Å². The van der Waals surface area contributed by atoms with Gasteiger partial charge in [0.1, 0.15) is 0 Å². The molecular weight excluding hydrogens is 162 g/mol. The first-order chi connectivity index (χ1) is 6.08. The van der Waals surface area contributed by atoms with Gasteiger partial charge >= 0.3 is 0 Å². The summed E-state index contributed by atoms with van der Waals surface area (Å²) in [4.78, 5) is 0. The van der Waals surface area contributed by atoms with E-state index < -0.39 is 5.60 Å². The van der Waals surface area contributed by atoms with Gasteiger partial charge in [0.05, 0.1) is 5.60 Å². The average Bonchev–Trinajstić information content (AvgIpc) is 2.28. The number of aliphatic hydroxyl groups is 1. The minimum atomic E-state index is -0.473. The number of nitrogens with two attached hydrogens (primary N) is 1. The van der Waals surface area contributed by atoms with Crippen LogP contribution in [-0.4, -0.2) is 17.3 Å². The monoisotopic (exact) mass is 185 g/mol. The summed E-state index contributed by atoms with van der Waals surface area (Å²) in [5.74, 6) is 1.02. The van der Waals surface area contributed by atoms with Gasteiger partial charge in [0.15, 0.2) is 0 Å². The van der Waals surface area contributed by atoms with Gasteiger partial charge in [0.2, 0.25) is 0 Å². The molecule has 1 rings (SSSR count). The summed E-state index contributed by atoms with van der Waals surface area (Å²) in [6, 6.07) is 0. The van der Waals surface area contributed by atoms with E-state index in [0.29, 0.717) is 6.54 Å². The molecule has 3 unspecified atom stereocenters. The van der Waals surface area contributed by atoms with E-state index >= 15 is 0 Å². The molecule has 0 saturated heterocycles. The maximum absolute atomic E-state index is 10.4. The van der Waals surface area contributed by atoms with Gasteiger partial charge in [-0.1, -0.05) is 26.7 Å². The fourth-order valence-corrected chi connectivity index (χ4v) is 2.23. The molecule has 1 saturated carbocycles. The Hall–Kier alpha value is -0.0800. The number of hydrogen-bond acceptors (Lipinski definition) is 2. The maximum atomic E-state index is 10.4. The first-order valence-electron chi connectivity index (χ1n) is 5.51. The lowest BCUT2D eigenvalue weighted by Gasteiger charge is -2.32. The van der Waals surface area contributed by atoms with Crippen LogP contribution >= 0.6 is 0 Å². The molecule has 0 bridgehead atoms. The van der Waals surface area contributed by atoms with E-state index in [1.165, 1.54) is 6.42 Å². The second kappa shape index (κ2) is 4.43. The molecule has 0 amide bonds. The first-order valence-corrected chi connectivity index (χ1v) is 5.51. The Morgan fingerprint density at radius 1 is 1.46 bits per heavy atom. The molecule has 1 aliphatic carbocycles. The van der Waals surface area contributed by atoms with E-state index in [-0.39, 0.29) is 5.92 Å². The quantitative estimate of drug-likeness (QED) is 0.646. The van der Waals surface area contributed by atoms with E-state index in [2.05, 4.69) is 13.8 Å². The van der Waals surface area contributed by atoms with Crippen LogP contribution in [0.2, 0.25) is 0 Å². The Kier molecular flexibility index (Phi) is 3.74. The van der Waals surface area contributed by atoms with Crippen LogP contribution in [0.15, 0.2) is 0 Å². The maximum Gasteiger partial charge on any atom is 0.0685 e. The first kappa shape index (κ1) is 11.0. The molecule has 0 aromatic carbocycles. The molecule has 0 spiro atoms. The molecule has 3 N–H and O–H groups in total. The fraction of sp³-hybridized carbons (Fsp3) is 1.00. The third-order valence-electron chi connectivity index (χ3n) is 3.65. The molecule has 78 valence electrons. The van der Waals surface area contributed by atoms with Crippen LogP contribution in [0.3, 0.4) is 0 Å². The predicted molar refractivity (Wildman–Crippen MR) is 55.4 cm³/mol. The molecule has 13 heavy (non-hydrogen) atoms. The molecule has 3 atom stereocenters. The van der Waals surface area contributed by atoms with Crippen LogP contribution < -0.4 is 5.73 Å². The van der Waals surface area contributed by atoms with E-state index in [1.54, 1.807) is 0 Å². The molecule has 0 radical (unpaired) electrons. The zero-order chi connectivity index (χ0) is 9.90. The van der Waals surface area contributed by atoms with Crippen molar-refractivity contribution >= 4 is 0 Å². The molecular formula is C11H23NO. The molecule has 0 aliphatic heterocycles. The van der Waals surface area contributed by atoms with Crippen molar-refractivity contribution in [2.45, 2.75) is 51.6 Å². The largest absolute Gasteiger partial charge is 0.390 e. The van der Waals surface area contributed by atoms with E-state index in [4.69, 9.17) is 5.73 Å². The summed E-state index contributed by atoms with van der Waals surface area (Å²) in [5, 5.41) is 10.4. The van der Waals surface area contributed by atoms with Gasteiger partial charge in [0.25, 0.3) is 0 Å². The lowest BCUT2D eigenvalue weighted by molar-refractivity contribution is -0.0228. The minimum Gasteiger partial charge on any atom is -0.390 e. The van der Waals surface area contributed by atoms with Crippen LogP contribution in [-0.2, 0) is 0 Å². The fourth-order valence-electron chi connectivity index (χ4n) is 2.23. The molecule has 0 heterocycles. The predicted octanol–water partition coefficient (Wildman–Crippen LogP) is 1.91. The van der Waals surface area contributed by atoms with Crippen LogP contribution in [0, 0.1) is 11.8 Å².